The molecule has 2 N–H and O–H groups in total. The molecule has 2 aliphatic heterocycles. The van der Waals surface area contributed by atoms with Gasteiger partial charge in [0.1, 0.15) is 0 Å². The Hall–Kier alpha value is -0.870. The standard InChI is InChI=1S/C11H17N3O/c1-14-7-8(6-13-14)4-11(12)5-9-2-3-10(11)15-9/h6-7,9-10H,2-5,12H2,1H3. The van der Waals surface area contributed by atoms with Crippen LogP contribution in [0, 0.1) is 0 Å². The molecule has 3 unspecified atom stereocenters. The molecule has 2 saturated heterocycles. The van der Waals surface area contributed by atoms with Gasteiger partial charge in [0.05, 0.1) is 18.4 Å². The second-order valence-corrected chi connectivity index (χ2v) is 4.96. The third-order valence-corrected chi connectivity index (χ3v) is 3.65. The van der Waals surface area contributed by atoms with Gasteiger partial charge in [0, 0.05) is 18.8 Å². The molecular weight excluding hydrogens is 190 g/mol. The van der Waals surface area contributed by atoms with Gasteiger partial charge in [-0.1, -0.05) is 0 Å². The molecule has 0 radical (unpaired) electrons. The van der Waals surface area contributed by atoms with E-state index in [4.69, 9.17) is 10.5 Å². The van der Waals surface area contributed by atoms with Gasteiger partial charge in [0.2, 0.25) is 0 Å². The van der Waals surface area contributed by atoms with Gasteiger partial charge >= 0.3 is 0 Å². The Morgan fingerprint density at radius 2 is 2.53 bits per heavy atom. The van der Waals surface area contributed by atoms with Gasteiger partial charge in [-0.2, -0.15) is 5.10 Å². The van der Waals surface area contributed by atoms with E-state index in [1.54, 1.807) is 0 Å². The first-order chi connectivity index (χ1) is 7.16. The maximum absolute atomic E-state index is 6.42. The van der Waals surface area contributed by atoms with E-state index in [9.17, 15) is 0 Å². The molecule has 3 heterocycles. The molecule has 15 heavy (non-hydrogen) atoms. The molecule has 2 bridgehead atoms. The van der Waals surface area contributed by atoms with Crippen LogP contribution in [-0.2, 0) is 18.2 Å². The van der Waals surface area contributed by atoms with Crippen LogP contribution in [0.1, 0.15) is 24.8 Å². The highest BCUT2D eigenvalue weighted by Gasteiger charge is 2.49. The number of nitrogens with zero attached hydrogens (tertiary/aromatic N) is 2. The molecule has 1 aromatic rings. The summed E-state index contributed by atoms with van der Waals surface area (Å²) in [6, 6.07) is 0. The molecule has 0 aliphatic carbocycles. The molecule has 4 heteroatoms. The molecular formula is C11H17N3O. The quantitative estimate of drug-likeness (QED) is 0.773. The normalized spacial score (nSPS) is 38.8. The lowest BCUT2D eigenvalue weighted by molar-refractivity contribution is 0.0856. The summed E-state index contributed by atoms with van der Waals surface area (Å²) < 4.78 is 7.64. The van der Waals surface area contributed by atoms with Gasteiger partial charge in [-0.3, -0.25) is 4.68 Å². The lowest BCUT2D eigenvalue weighted by Crippen LogP contribution is -2.50. The maximum atomic E-state index is 6.42. The smallest absolute Gasteiger partial charge is 0.0763 e. The third kappa shape index (κ3) is 1.48. The first-order valence-electron chi connectivity index (χ1n) is 5.58. The molecule has 2 aliphatic rings. The summed E-state index contributed by atoms with van der Waals surface area (Å²) in [5.74, 6) is 0. The third-order valence-electron chi connectivity index (χ3n) is 3.65. The highest BCUT2D eigenvalue weighted by Crippen LogP contribution is 2.41. The second-order valence-electron chi connectivity index (χ2n) is 4.96. The first kappa shape index (κ1) is 9.36. The van der Waals surface area contributed by atoms with Crippen molar-refractivity contribution in [3.05, 3.63) is 18.0 Å². The minimum absolute atomic E-state index is 0.147. The van der Waals surface area contributed by atoms with Gasteiger partial charge in [-0.25, -0.2) is 0 Å². The van der Waals surface area contributed by atoms with E-state index in [2.05, 4.69) is 5.10 Å². The van der Waals surface area contributed by atoms with E-state index >= 15 is 0 Å². The van der Waals surface area contributed by atoms with Crippen molar-refractivity contribution in [2.75, 3.05) is 0 Å². The summed E-state index contributed by atoms with van der Waals surface area (Å²) >= 11 is 0. The Morgan fingerprint density at radius 3 is 3.07 bits per heavy atom. The fourth-order valence-electron chi connectivity index (χ4n) is 2.96. The number of hydrogen-bond donors (Lipinski definition) is 1. The average molecular weight is 207 g/mol. The second kappa shape index (κ2) is 3.06. The molecule has 82 valence electrons. The van der Waals surface area contributed by atoms with Crippen molar-refractivity contribution in [2.24, 2.45) is 12.8 Å². The monoisotopic (exact) mass is 207 g/mol. The SMILES string of the molecule is Cn1cc(CC2(N)CC3CCC2O3)cn1. The molecule has 0 saturated carbocycles. The number of nitrogens with two attached hydrogens (primary N) is 1. The Labute approximate surface area is 89.4 Å². The fourth-order valence-corrected chi connectivity index (χ4v) is 2.96. The van der Waals surface area contributed by atoms with Crippen LogP contribution in [0.3, 0.4) is 0 Å². The van der Waals surface area contributed by atoms with Gasteiger partial charge in [0.15, 0.2) is 0 Å². The van der Waals surface area contributed by atoms with E-state index in [0.717, 1.165) is 19.3 Å². The Morgan fingerprint density at radius 1 is 1.67 bits per heavy atom. The Bertz CT molecular complexity index is 376. The summed E-state index contributed by atoms with van der Waals surface area (Å²) in [6.07, 6.45) is 8.84. The zero-order chi connectivity index (χ0) is 10.5. The minimum Gasteiger partial charge on any atom is -0.373 e. The van der Waals surface area contributed by atoms with Crippen molar-refractivity contribution >= 4 is 0 Å². The summed E-state index contributed by atoms with van der Waals surface area (Å²) in [5, 5.41) is 4.17. The van der Waals surface area contributed by atoms with Gasteiger partial charge < -0.3 is 10.5 Å². The molecule has 3 rings (SSSR count). The maximum Gasteiger partial charge on any atom is 0.0763 e. The summed E-state index contributed by atoms with van der Waals surface area (Å²) in [5.41, 5.74) is 7.50. The summed E-state index contributed by atoms with van der Waals surface area (Å²) in [4.78, 5) is 0. The predicted molar refractivity (Wildman–Crippen MR) is 56.3 cm³/mol. The van der Waals surface area contributed by atoms with E-state index in [-0.39, 0.29) is 11.6 Å². The van der Waals surface area contributed by atoms with Gasteiger partial charge in [-0.15, -0.1) is 0 Å². The zero-order valence-corrected chi connectivity index (χ0v) is 9.02. The van der Waals surface area contributed by atoms with Crippen LogP contribution < -0.4 is 5.73 Å². The number of rotatable bonds is 2. The topological polar surface area (TPSA) is 53.1 Å². The molecule has 4 nitrogen and oxygen atoms in total. The number of ether oxygens (including phenoxy) is 1. The fraction of sp³-hybridized carbons (Fsp3) is 0.727. The van der Waals surface area contributed by atoms with E-state index in [1.807, 2.05) is 24.1 Å². The number of aryl methyl sites for hydroxylation is 1. The number of hydrogen-bond acceptors (Lipinski definition) is 3. The summed E-state index contributed by atoms with van der Waals surface area (Å²) in [7, 11) is 1.93. The van der Waals surface area contributed by atoms with E-state index in [1.165, 1.54) is 12.0 Å². The molecule has 0 amide bonds. The van der Waals surface area contributed by atoms with Crippen molar-refractivity contribution in [3.63, 3.8) is 0 Å². The molecule has 0 aromatic carbocycles. The van der Waals surface area contributed by atoms with Gasteiger partial charge in [-0.05, 0) is 31.2 Å². The van der Waals surface area contributed by atoms with Crippen LogP contribution in [-0.4, -0.2) is 27.5 Å². The lowest BCUT2D eigenvalue weighted by atomic mass is 9.79. The largest absolute Gasteiger partial charge is 0.373 e. The zero-order valence-electron chi connectivity index (χ0n) is 9.02. The van der Waals surface area contributed by atoms with Gasteiger partial charge in [0.25, 0.3) is 0 Å². The van der Waals surface area contributed by atoms with Crippen LogP contribution in [0.4, 0.5) is 0 Å². The van der Waals surface area contributed by atoms with E-state index in [0.29, 0.717) is 6.10 Å². The molecule has 1 aromatic heterocycles. The lowest BCUT2D eigenvalue weighted by Gasteiger charge is -2.30. The van der Waals surface area contributed by atoms with Crippen molar-refractivity contribution in [1.82, 2.24) is 9.78 Å². The van der Waals surface area contributed by atoms with Crippen LogP contribution in [0.25, 0.3) is 0 Å². The van der Waals surface area contributed by atoms with Crippen molar-refractivity contribution in [1.29, 1.82) is 0 Å². The molecule has 0 spiro atoms. The van der Waals surface area contributed by atoms with Crippen LogP contribution in [0.5, 0.6) is 0 Å². The van der Waals surface area contributed by atoms with E-state index < -0.39 is 0 Å². The highest BCUT2D eigenvalue weighted by atomic mass is 16.5. The average Bonchev–Trinajstić information content (AvgIpc) is 2.81. The van der Waals surface area contributed by atoms with Crippen LogP contribution >= 0.6 is 0 Å². The Balaban J connectivity index is 1.77. The Kier molecular flexibility index (Phi) is 1.91. The number of fused-ring (bicyclic) bond motifs is 2. The van der Waals surface area contributed by atoms with Crippen LogP contribution in [0.2, 0.25) is 0 Å². The first-order valence-corrected chi connectivity index (χ1v) is 5.58. The van der Waals surface area contributed by atoms with Crippen molar-refractivity contribution in [3.8, 4) is 0 Å². The van der Waals surface area contributed by atoms with Crippen molar-refractivity contribution in [2.45, 2.75) is 43.4 Å². The van der Waals surface area contributed by atoms with Crippen LogP contribution in [0.15, 0.2) is 12.4 Å². The minimum atomic E-state index is -0.147. The van der Waals surface area contributed by atoms with Crippen molar-refractivity contribution < 1.29 is 4.74 Å². The molecule has 3 atom stereocenters. The summed E-state index contributed by atoms with van der Waals surface area (Å²) in [6.45, 7) is 0. The molecule has 2 fully saturated rings. The number of aromatic nitrogens is 2. The highest BCUT2D eigenvalue weighted by molar-refractivity contribution is 5.15. The predicted octanol–water partition coefficient (Wildman–Crippen LogP) is 0.611.